The van der Waals surface area contributed by atoms with Crippen molar-refractivity contribution < 1.29 is 4.79 Å². The number of rotatable bonds is 4. The van der Waals surface area contributed by atoms with Gasteiger partial charge in [-0.2, -0.15) is 0 Å². The Morgan fingerprint density at radius 3 is 2.47 bits per heavy atom. The van der Waals surface area contributed by atoms with Crippen molar-refractivity contribution >= 4 is 5.91 Å². The van der Waals surface area contributed by atoms with Gasteiger partial charge in [-0.05, 0) is 25.8 Å². The van der Waals surface area contributed by atoms with Crippen LogP contribution in [0.15, 0.2) is 36.7 Å². The molecule has 0 aliphatic heterocycles. The zero-order chi connectivity index (χ0) is 13.7. The molecule has 0 fully saturated rings. The maximum Gasteiger partial charge on any atom is 0.271 e. The molecular weight excluding hydrogens is 238 g/mol. The molecule has 0 saturated heterocycles. The van der Waals surface area contributed by atoms with Crippen LogP contribution in [0.1, 0.15) is 27.3 Å². The summed E-state index contributed by atoms with van der Waals surface area (Å²) in [6.45, 7) is 4.49. The number of carbonyl (C=O) groups is 1. The molecule has 0 aliphatic rings. The second-order valence-corrected chi connectivity index (χ2v) is 4.53. The highest BCUT2D eigenvalue weighted by atomic mass is 16.1. The number of nitrogens with zero attached hydrogens (tertiary/aromatic N) is 2. The van der Waals surface area contributed by atoms with E-state index in [-0.39, 0.29) is 5.91 Å². The Balaban J connectivity index is 1.84. The van der Waals surface area contributed by atoms with E-state index in [9.17, 15) is 4.79 Å². The lowest BCUT2D eigenvalue weighted by molar-refractivity contribution is 0.0948. The highest BCUT2D eigenvalue weighted by Crippen LogP contribution is 2.03. The molecule has 2 aromatic rings. The zero-order valence-corrected chi connectivity index (χ0v) is 11.2. The molecule has 1 aromatic carbocycles. The van der Waals surface area contributed by atoms with Crippen molar-refractivity contribution in [2.45, 2.75) is 20.3 Å². The molecule has 0 saturated carbocycles. The second-order valence-electron chi connectivity index (χ2n) is 4.53. The molecule has 0 unspecified atom stereocenters. The molecule has 1 amide bonds. The molecule has 1 aromatic heterocycles. The first-order valence-electron chi connectivity index (χ1n) is 6.27. The first kappa shape index (κ1) is 13.2. The number of aryl methyl sites for hydroxylation is 2. The first-order chi connectivity index (χ1) is 9.15. The molecule has 19 heavy (non-hydrogen) atoms. The fraction of sp³-hybridized carbons (Fsp3) is 0.267. The Morgan fingerprint density at radius 1 is 1.11 bits per heavy atom. The van der Waals surface area contributed by atoms with Gasteiger partial charge < -0.3 is 5.32 Å². The van der Waals surface area contributed by atoms with Crippen LogP contribution in [0.5, 0.6) is 0 Å². The Kier molecular flexibility index (Phi) is 4.23. The van der Waals surface area contributed by atoms with Crippen LogP contribution in [-0.4, -0.2) is 22.4 Å². The summed E-state index contributed by atoms with van der Waals surface area (Å²) in [6, 6.07) is 8.30. The minimum atomic E-state index is -0.181. The second kappa shape index (κ2) is 6.09. The molecule has 0 radical (unpaired) electrons. The highest BCUT2D eigenvalue weighted by molar-refractivity contribution is 5.91. The van der Waals surface area contributed by atoms with Crippen LogP contribution in [-0.2, 0) is 6.42 Å². The molecular formula is C15H17N3O. The van der Waals surface area contributed by atoms with Gasteiger partial charge in [0.2, 0.25) is 0 Å². The summed E-state index contributed by atoms with van der Waals surface area (Å²) >= 11 is 0. The maximum atomic E-state index is 11.8. The molecule has 1 N–H and O–H groups in total. The van der Waals surface area contributed by atoms with E-state index >= 15 is 0 Å². The Hall–Kier alpha value is -2.23. The van der Waals surface area contributed by atoms with E-state index in [2.05, 4.69) is 46.5 Å². The quantitative estimate of drug-likeness (QED) is 0.910. The van der Waals surface area contributed by atoms with Crippen LogP contribution in [0.4, 0.5) is 0 Å². The largest absolute Gasteiger partial charge is 0.350 e. The molecule has 0 atom stereocenters. The number of hydrogen-bond acceptors (Lipinski definition) is 3. The van der Waals surface area contributed by atoms with Crippen molar-refractivity contribution in [1.29, 1.82) is 0 Å². The topological polar surface area (TPSA) is 54.9 Å². The predicted octanol–water partition coefficient (Wildman–Crippen LogP) is 2.07. The number of amides is 1. The lowest BCUT2D eigenvalue weighted by atomic mass is 10.1. The summed E-state index contributed by atoms with van der Waals surface area (Å²) in [4.78, 5) is 19.9. The number of benzene rings is 1. The van der Waals surface area contributed by atoms with Gasteiger partial charge >= 0.3 is 0 Å². The van der Waals surface area contributed by atoms with Crippen LogP contribution >= 0.6 is 0 Å². The van der Waals surface area contributed by atoms with Crippen molar-refractivity contribution in [1.82, 2.24) is 15.3 Å². The molecule has 1 heterocycles. The molecule has 4 nitrogen and oxygen atoms in total. The minimum Gasteiger partial charge on any atom is -0.350 e. The van der Waals surface area contributed by atoms with Gasteiger partial charge in [0.1, 0.15) is 5.69 Å². The smallest absolute Gasteiger partial charge is 0.271 e. The minimum absolute atomic E-state index is 0.181. The van der Waals surface area contributed by atoms with E-state index in [0.29, 0.717) is 12.2 Å². The average molecular weight is 255 g/mol. The van der Waals surface area contributed by atoms with E-state index in [1.165, 1.54) is 17.3 Å². The fourth-order valence-corrected chi connectivity index (χ4v) is 1.68. The van der Waals surface area contributed by atoms with Gasteiger partial charge in [0.25, 0.3) is 5.91 Å². The SMILES string of the molecule is Cc1ccc(CCNC(=O)c2cnc(C)cn2)cc1. The van der Waals surface area contributed by atoms with Gasteiger partial charge in [0.05, 0.1) is 11.9 Å². The number of carbonyl (C=O) groups excluding carboxylic acids is 1. The molecule has 4 heteroatoms. The third-order valence-corrected chi connectivity index (χ3v) is 2.83. The zero-order valence-electron chi connectivity index (χ0n) is 11.2. The molecule has 0 aliphatic carbocycles. The van der Waals surface area contributed by atoms with Gasteiger partial charge in [-0.3, -0.25) is 9.78 Å². The van der Waals surface area contributed by atoms with Gasteiger partial charge in [-0.25, -0.2) is 4.98 Å². The molecule has 0 spiro atoms. The van der Waals surface area contributed by atoms with Crippen molar-refractivity contribution in [2.75, 3.05) is 6.54 Å². The van der Waals surface area contributed by atoms with E-state index in [4.69, 9.17) is 0 Å². The summed E-state index contributed by atoms with van der Waals surface area (Å²) in [5.74, 6) is -0.181. The van der Waals surface area contributed by atoms with Gasteiger partial charge in [0.15, 0.2) is 0 Å². The summed E-state index contributed by atoms with van der Waals surface area (Å²) in [6.07, 6.45) is 3.90. The molecule has 2 rings (SSSR count). The summed E-state index contributed by atoms with van der Waals surface area (Å²) in [5, 5.41) is 2.84. The number of nitrogens with one attached hydrogen (secondary N) is 1. The van der Waals surface area contributed by atoms with E-state index in [1.54, 1.807) is 6.20 Å². The van der Waals surface area contributed by atoms with E-state index in [0.717, 1.165) is 12.1 Å². The third-order valence-electron chi connectivity index (χ3n) is 2.83. The Morgan fingerprint density at radius 2 is 1.84 bits per heavy atom. The van der Waals surface area contributed by atoms with Crippen LogP contribution in [0.2, 0.25) is 0 Å². The van der Waals surface area contributed by atoms with Crippen molar-refractivity contribution in [3.63, 3.8) is 0 Å². The Bertz CT molecular complexity index is 547. The highest BCUT2D eigenvalue weighted by Gasteiger charge is 2.06. The monoisotopic (exact) mass is 255 g/mol. The molecule has 98 valence electrons. The summed E-state index contributed by atoms with van der Waals surface area (Å²) < 4.78 is 0. The average Bonchev–Trinajstić information content (AvgIpc) is 2.41. The molecule has 0 bridgehead atoms. The van der Waals surface area contributed by atoms with Gasteiger partial charge in [-0.1, -0.05) is 29.8 Å². The predicted molar refractivity (Wildman–Crippen MR) is 74.0 cm³/mol. The van der Waals surface area contributed by atoms with Gasteiger partial charge in [-0.15, -0.1) is 0 Å². The summed E-state index contributed by atoms with van der Waals surface area (Å²) in [7, 11) is 0. The normalized spacial score (nSPS) is 10.2. The Labute approximate surface area is 112 Å². The van der Waals surface area contributed by atoms with Crippen molar-refractivity contribution in [3.8, 4) is 0 Å². The number of hydrogen-bond donors (Lipinski definition) is 1. The van der Waals surface area contributed by atoms with Gasteiger partial charge in [0, 0.05) is 12.7 Å². The summed E-state index contributed by atoms with van der Waals surface area (Å²) in [5.41, 5.74) is 3.61. The lowest BCUT2D eigenvalue weighted by Gasteiger charge is -2.05. The fourth-order valence-electron chi connectivity index (χ4n) is 1.68. The lowest BCUT2D eigenvalue weighted by Crippen LogP contribution is -2.26. The van der Waals surface area contributed by atoms with Crippen LogP contribution in [0.25, 0.3) is 0 Å². The third kappa shape index (κ3) is 3.88. The maximum absolute atomic E-state index is 11.8. The number of aromatic nitrogens is 2. The standard InChI is InChI=1S/C15H17N3O/c1-11-3-5-13(6-4-11)7-8-16-15(19)14-10-17-12(2)9-18-14/h3-6,9-10H,7-8H2,1-2H3,(H,16,19). The first-order valence-corrected chi connectivity index (χ1v) is 6.27. The van der Waals surface area contributed by atoms with Crippen LogP contribution < -0.4 is 5.32 Å². The van der Waals surface area contributed by atoms with Crippen molar-refractivity contribution in [3.05, 3.63) is 59.2 Å². The van der Waals surface area contributed by atoms with E-state index < -0.39 is 0 Å². The van der Waals surface area contributed by atoms with Crippen LogP contribution in [0.3, 0.4) is 0 Å². The van der Waals surface area contributed by atoms with Crippen molar-refractivity contribution in [2.24, 2.45) is 0 Å². The van der Waals surface area contributed by atoms with Crippen LogP contribution in [0, 0.1) is 13.8 Å². The van der Waals surface area contributed by atoms with E-state index in [1.807, 2.05) is 6.92 Å².